The molecule has 0 spiro atoms. The van der Waals surface area contributed by atoms with Crippen molar-refractivity contribution in [1.82, 2.24) is 38.9 Å². The molecule has 0 radical (unpaired) electrons. The maximum Gasteiger partial charge on any atom is 0.211 e. The lowest BCUT2D eigenvalue weighted by molar-refractivity contribution is 0.127. The summed E-state index contributed by atoms with van der Waals surface area (Å²) >= 11 is 0. The molecule has 1 aliphatic carbocycles. The number of aromatic nitrogens is 8. The van der Waals surface area contributed by atoms with Gasteiger partial charge in [0.1, 0.15) is 11.0 Å². The molecule has 5 aromatic heterocycles. The highest BCUT2D eigenvalue weighted by molar-refractivity contribution is 5.85. The Morgan fingerprint density at radius 2 is 1.97 bits per heavy atom. The Balaban J connectivity index is 1.36. The summed E-state index contributed by atoms with van der Waals surface area (Å²) in [4.78, 5) is 13.4. The Kier molecular flexibility index (Phi) is 5.71. The number of rotatable bonds is 6. The number of nitrogens with zero attached hydrogens (tertiary/aromatic N) is 8. The average Bonchev–Trinajstić information content (AvgIpc) is 3.66. The topological polar surface area (TPSA) is 129 Å². The summed E-state index contributed by atoms with van der Waals surface area (Å²) in [5.41, 5.74) is 2.80. The summed E-state index contributed by atoms with van der Waals surface area (Å²) in [5.74, 6) is 2.67. The fourth-order valence-corrected chi connectivity index (χ4v) is 5.10. The van der Waals surface area contributed by atoms with E-state index in [-0.39, 0.29) is 11.5 Å². The molecule has 1 saturated carbocycles. The molecule has 12 nitrogen and oxygen atoms in total. The largest absolute Gasteiger partial charge is 0.491 e. The van der Waals surface area contributed by atoms with E-state index in [0.717, 1.165) is 30.5 Å². The van der Waals surface area contributed by atoms with Gasteiger partial charge < -0.3 is 24.5 Å². The van der Waals surface area contributed by atoms with Crippen LogP contribution < -0.4 is 14.8 Å². The average molecular weight is 518 g/mol. The van der Waals surface area contributed by atoms with Gasteiger partial charge in [0.25, 0.3) is 0 Å². The number of anilines is 2. The van der Waals surface area contributed by atoms with Crippen molar-refractivity contribution in [2.75, 3.05) is 12.4 Å². The second kappa shape index (κ2) is 8.98. The number of aliphatic hydroxyl groups is 1. The molecule has 198 valence electrons. The van der Waals surface area contributed by atoms with Crippen LogP contribution in [0.15, 0.2) is 37.1 Å². The van der Waals surface area contributed by atoms with Crippen molar-refractivity contribution in [1.29, 1.82) is 0 Å². The number of ether oxygens (including phenoxy) is 2. The predicted molar refractivity (Wildman–Crippen MR) is 141 cm³/mol. The molecule has 0 bridgehead atoms. The van der Waals surface area contributed by atoms with Crippen LogP contribution in [0.5, 0.6) is 17.2 Å². The van der Waals surface area contributed by atoms with E-state index < -0.39 is 6.10 Å². The molecule has 6 rings (SSSR count). The number of pyridine rings is 1. The fraction of sp³-hybridized carbons (Fsp3) is 0.423. The summed E-state index contributed by atoms with van der Waals surface area (Å²) in [5, 5.41) is 23.1. The summed E-state index contributed by atoms with van der Waals surface area (Å²) in [6.45, 7) is 6.45. The number of aryl methyl sites for hydroxylation is 1. The van der Waals surface area contributed by atoms with Crippen LogP contribution in [0.4, 0.5) is 11.8 Å². The summed E-state index contributed by atoms with van der Waals surface area (Å²) < 4.78 is 17.5. The SMILES string of the molecule is COc1c(Oc2cnn3ccncc23)cnc2nc(Nc3cc(C(C)(C)C)n([C@H]4CCC[C@H]4O)n3)n(C)c12. The Morgan fingerprint density at radius 3 is 2.71 bits per heavy atom. The van der Waals surface area contributed by atoms with Gasteiger partial charge in [-0.3, -0.25) is 9.67 Å². The van der Waals surface area contributed by atoms with E-state index in [1.54, 1.807) is 42.6 Å². The third kappa shape index (κ3) is 4.01. The van der Waals surface area contributed by atoms with Crippen LogP contribution in [0.25, 0.3) is 16.7 Å². The van der Waals surface area contributed by atoms with E-state index in [2.05, 4.69) is 41.2 Å². The van der Waals surface area contributed by atoms with E-state index in [1.165, 1.54) is 0 Å². The van der Waals surface area contributed by atoms with Crippen molar-refractivity contribution in [3.8, 4) is 17.2 Å². The Labute approximate surface area is 219 Å². The van der Waals surface area contributed by atoms with Crippen LogP contribution in [0.3, 0.4) is 0 Å². The highest BCUT2D eigenvalue weighted by Crippen LogP contribution is 2.40. The van der Waals surface area contributed by atoms with Crippen molar-refractivity contribution in [3.05, 3.63) is 42.7 Å². The minimum absolute atomic E-state index is 0.0307. The molecular formula is C26H31N9O3. The van der Waals surface area contributed by atoms with Crippen LogP contribution in [0.2, 0.25) is 0 Å². The standard InChI is InChI=1S/C26H31N9O3/c1-26(2,3)20-11-21(32-35(20)15-7-6-8-17(15)36)30-25-31-24-22(33(25)4)23(37-5)19(13-28-24)38-18-14-29-34-10-9-27-12-16(18)34/h9-15,17,36H,6-8H2,1-5H3,(H,28,30,31,32)/t15-,17+/m0/s1. The molecule has 2 atom stereocenters. The van der Waals surface area contributed by atoms with Crippen molar-refractivity contribution in [2.24, 2.45) is 7.05 Å². The molecule has 0 unspecified atom stereocenters. The van der Waals surface area contributed by atoms with Gasteiger partial charge in [0, 0.05) is 36.6 Å². The maximum atomic E-state index is 10.6. The normalized spacial score (nSPS) is 17.9. The molecule has 0 saturated heterocycles. The highest BCUT2D eigenvalue weighted by Gasteiger charge is 2.33. The van der Waals surface area contributed by atoms with Gasteiger partial charge in [0.05, 0.1) is 37.8 Å². The molecule has 0 amide bonds. The second-order valence-electron chi connectivity index (χ2n) is 10.6. The monoisotopic (exact) mass is 517 g/mol. The van der Waals surface area contributed by atoms with Crippen LogP contribution >= 0.6 is 0 Å². The molecule has 0 aromatic carbocycles. The fourth-order valence-electron chi connectivity index (χ4n) is 5.10. The Hall–Kier alpha value is -4.19. The number of fused-ring (bicyclic) bond motifs is 2. The van der Waals surface area contributed by atoms with Gasteiger partial charge in [-0.25, -0.2) is 9.50 Å². The minimum Gasteiger partial charge on any atom is -0.491 e. The Morgan fingerprint density at radius 1 is 1.13 bits per heavy atom. The highest BCUT2D eigenvalue weighted by atomic mass is 16.5. The van der Waals surface area contributed by atoms with Gasteiger partial charge >= 0.3 is 0 Å². The quantitative estimate of drug-likeness (QED) is 0.341. The van der Waals surface area contributed by atoms with Crippen LogP contribution in [-0.4, -0.2) is 57.2 Å². The zero-order chi connectivity index (χ0) is 26.6. The van der Waals surface area contributed by atoms with E-state index in [9.17, 15) is 5.11 Å². The van der Waals surface area contributed by atoms with Crippen LogP contribution in [-0.2, 0) is 12.5 Å². The second-order valence-corrected chi connectivity index (χ2v) is 10.6. The smallest absolute Gasteiger partial charge is 0.211 e. The van der Waals surface area contributed by atoms with Gasteiger partial charge in [-0.2, -0.15) is 15.2 Å². The third-order valence-electron chi connectivity index (χ3n) is 7.04. The van der Waals surface area contributed by atoms with Gasteiger partial charge in [0.2, 0.25) is 5.95 Å². The van der Waals surface area contributed by atoms with E-state index in [1.807, 2.05) is 22.4 Å². The number of methoxy groups -OCH3 is 1. The van der Waals surface area contributed by atoms with Gasteiger partial charge in [0.15, 0.2) is 28.7 Å². The summed E-state index contributed by atoms with van der Waals surface area (Å²) in [7, 11) is 3.47. The molecule has 5 aromatic rings. The van der Waals surface area contributed by atoms with Gasteiger partial charge in [-0.15, -0.1) is 0 Å². The lowest BCUT2D eigenvalue weighted by Gasteiger charge is -2.25. The predicted octanol–water partition coefficient (Wildman–Crippen LogP) is 4.14. The number of hydrogen-bond acceptors (Lipinski definition) is 9. The number of nitrogens with one attached hydrogen (secondary N) is 1. The summed E-state index contributed by atoms with van der Waals surface area (Å²) in [6, 6.07) is 2.00. The first kappa shape index (κ1) is 24.2. The van der Waals surface area contributed by atoms with Gasteiger partial charge in [-0.05, 0) is 19.3 Å². The van der Waals surface area contributed by atoms with Crippen LogP contribution in [0.1, 0.15) is 51.8 Å². The number of aliphatic hydroxyl groups excluding tert-OH is 1. The molecule has 12 heteroatoms. The Bertz CT molecular complexity index is 1630. The molecule has 2 N–H and O–H groups in total. The molecule has 0 aliphatic heterocycles. The maximum absolute atomic E-state index is 10.6. The first-order valence-corrected chi connectivity index (χ1v) is 12.6. The van der Waals surface area contributed by atoms with Crippen molar-refractivity contribution in [2.45, 2.75) is 57.6 Å². The zero-order valence-corrected chi connectivity index (χ0v) is 22.1. The van der Waals surface area contributed by atoms with Crippen molar-refractivity contribution < 1.29 is 14.6 Å². The number of imidazole rings is 1. The van der Waals surface area contributed by atoms with Crippen molar-refractivity contribution in [3.63, 3.8) is 0 Å². The first-order valence-electron chi connectivity index (χ1n) is 12.6. The lowest BCUT2D eigenvalue weighted by atomic mass is 9.91. The van der Waals surface area contributed by atoms with Gasteiger partial charge in [-0.1, -0.05) is 20.8 Å². The molecule has 1 fully saturated rings. The van der Waals surface area contributed by atoms with E-state index in [0.29, 0.717) is 40.2 Å². The lowest BCUT2D eigenvalue weighted by Crippen LogP contribution is -2.26. The van der Waals surface area contributed by atoms with Crippen molar-refractivity contribution >= 4 is 28.4 Å². The third-order valence-corrected chi connectivity index (χ3v) is 7.04. The molecule has 38 heavy (non-hydrogen) atoms. The van der Waals surface area contributed by atoms with E-state index in [4.69, 9.17) is 19.6 Å². The first-order chi connectivity index (χ1) is 18.2. The molecule has 5 heterocycles. The summed E-state index contributed by atoms with van der Waals surface area (Å²) in [6.07, 6.45) is 10.6. The number of hydrogen-bond donors (Lipinski definition) is 2. The molecular weight excluding hydrogens is 486 g/mol. The zero-order valence-electron chi connectivity index (χ0n) is 22.1. The van der Waals surface area contributed by atoms with E-state index >= 15 is 0 Å². The minimum atomic E-state index is -0.393. The molecule has 1 aliphatic rings. The van der Waals surface area contributed by atoms with Crippen LogP contribution in [0, 0.1) is 0 Å².